The Balaban J connectivity index is 1.92. The first kappa shape index (κ1) is 26.6. The number of benzene rings is 2. The second-order valence-corrected chi connectivity index (χ2v) is 8.79. The van der Waals surface area contributed by atoms with Gasteiger partial charge in [-0.05, 0) is 36.2 Å². The SMILES string of the molecule is CCCCc1ncc(/C(=C(\Cc2ccc3c(c2)OCO3)C(=O)O)c2ccc(OC)cc2OCC(=O)O)n1C. The van der Waals surface area contributed by atoms with Gasteiger partial charge in [0.1, 0.15) is 17.3 Å². The Kier molecular flexibility index (Phi) is 8.20. The fourth-order valence-electron chi connectivity index (χ4n) is 4.32. The number of hydrogen-bond donors (Lipinski definition) is 2. The van der Waals surface area contributed by atoms with Crippen molar-refractivity contribution in [3.8, 4) is 23.0 Å². The van der Waals surface area contributed by atoms with Gasteiger partial charge in [-0.2, -0.15) is 0 Å². The van der Waals surface area contributed by atoms with Crippen LogP contribution in [-0.4, -0.2) is 52.2 Å². The third-order valence-corrected chi connectivity index (χ3v) is 6.28. The second kappa shape index (κ2) is 11.7. The zero-order valence-electron chi connectivity index (χ0n) is 21.5. The fraction of sp³-hybridized carbons (Fsp3) is 0.321. The zero-order chi connectivity index (χ0) is 27.2. The molecular weight excluding hydrogens is 492 g/mol. The molecule has 1 aromatic heterocycles. The molecule has 2 aromatic carbocycles. The predicted molar refractivity (Wildman–Crippen MR) is 138 cm³/mol. The number of hydrogen-bond acceptors (Lipinski definition) is 7. The van der Waals surface area contributed by atoms with Crippen molar-refractivity contribution in [1.82, 2.24) is 9.55 Å². The van der Waals surface area contributed by atoms with E-state index in [0.29, 0.717) is 39.6 Å². The molecular formula is C28H30N2O8. The maximum atomic E-state index is 12.8. The van der Waals surface area contributed by atoms with Gasteiger partial charge in [-0.3, -0.25) is 0 Å². The topological polar surface area (TPSA) is 129 Å². The molecule has 200 valence electrons. The van der Waals surface area contributed by atoms with Crippen LogP contribution in [0.3, 0.4) is 0 Å². The molecule has 3 aromatic rings. The maximum absolute atomic E-state index is 12.8. The first-order valence-electron chi connectivity index (χ1n) is 12.2. The molecule has 0 saturated carbocycles. The van der Waals surface area contributed by atoms with Gasteiger partial charge in [0.15, 0.2) is 18.1 Å². The fourth-order valence-corrected chi connectivity index (χ4v) is 4.32. The van der Waals surface area contributed by atoms with E-state index in [9.17, 15) is 19.8 Å². The van der Waals surface area contributed by atoms with E-state index in [0.717, 1.165) is 25.1 Å². The molecule has 1 aliphatic rings. The number of unbranched alkanes of at least 4 members (excludes halogenated alkanes) is 1. The standard InChI is InChI=1S/C28H30N2O8/c1-4-5-6-25-29-14-21(30(25)2)27(19-9-8-18(35-3)13-23(19)36-15-26(31)32)20(28(33)34)11-17-7-10-22-24(12-17)38-16-37-22/h7-10,12-14H,4-6,11,15-16H2,1-3H3,(H,31,32)(H,33,34)/b27-20+. The van der Waals surface area contributed by atoms with Crippen molar-refractivity contribution in [1.29, 1.82) is 0 Å². The number of carboxylic acid groups (broad SMARTS) is 2. The molecule has 10 heteroatoms. The average Bonchev–Trinajstić information content (AvgIpc) is 3.52. The predicted octanol–water partition coefficient (Wildman–Crippen LogP) is 4.09. The van der Waals surface area contributed by atoms with Gasteiger partial charge < -0.3 is 33.7 Å². The molecule has 38 heavy (non-hydrogen) atoms. The highest BCUT2D eigenvalue weighted by atomic mass is 16.7. The molecule has 0 spiro atoms. The van der Waals surface area contributed by atoms with Crippen molar-refractivity contribution in [2.45, 2.75) is 32.6 Å². The lowest BCUT2D eigenvalue weighted by Gasteiger charge is -2.19. The normalized spacial score (nSPS) is 12.7. The third-order valence-electron chi connectivity index (χ3n) is 6.28. The number of fused-ring (bicyclic) bond motifs is 1. The van der Waals surface area contributed by atoms with Gasteiger partial charge in [-0.25, -0.2) is 14.6 Å². The van der Waals surface area contributed by atoms with Crippen LogP contribution in [0.15, 0.2) is 48.2 Å². The molecule has 0 aliphatic carbocycles. The maximum Gasteiger partial charge on any atom is 0.341 e. The summed E-state index contributed by atoms with van der Waals surface area (Å²) in [7, 11) is 3.32. The first-order chi connectivity index (χ1) is 18.3. The van der Waals surface area contributed by atoms with Gasteiger partial charge in [0.25, 0.3) is 0 Å². The van der Waals surface area contributed by atoms with Gasteiger partial charge >= 0.3 is 11.9 Å². The highest BCUT2D eigenvalue weighted by molar-refractivity contribution is 6.01. The van der Waals surface area contributed by atoms with E-state index in [4.69, 9.17) is 18.9 Å². The first-order valence-corrected chi connectivity index (χ1v) is 12.2. The van der Waals surface area contributed by atoms with Crippen molar-refractivity contribution in [2.75, 3.05) is 20.5 Å². The molecule has 0 atom stereocenters. The van der Waals surface area contributed by atoms with Crippen molar-refractivity contribution in [2.24, 2.45) is 7.05 Å². The largest absolute Gasteiger partial charge is 0.497 e. The smallest absolute Gasteiger partial charge is 0.341 e. The number of nitrogens with zero attached hydrogens (tertiary/aromatic N) is 2. The minimum Gasteiger partial charge on any atom is -0.497 e. The van der Waals surface area contributed by atoms with Gasteiger partial charge in [0.2, 0.25) is 6.79 Å². The van der Waals surface area contributed by atoms with Gasteiger partial charge in [-0.1, -0.05) is 19.4 Å². The molecule has 2 N–H and O–H groups in total. The summed E-state index contributed by atoms with van der Waals surface area (Å²) in [6, 6.07) is 10.2. The molecule has 0 amide bonds. The Bertz CT molecular complexity index is 1380. The molecule has 0 unspecified atom stereocenters. The Morgan fingerprint density at radius 1 is 1.11 bits per heavy atom. The number of aliphatic carboxylic acids is 2. The molecule has 1 aliphatic heterocycles. The summed E-state index contributed by atoms with van der Waals surface area (Å²) >= 11 is 0. The molecule has 0 fully saturated rings. The summed E-state index contributed by atoms with van der Waals surface area (Å²) < 4.78 is 23.7. The van der Waals surface area contributed by atoms with Crippen LogP contribution in [-0.2, 0) is 29.5 Å². The monoisotopic (exact) mass is 522 g/mol. The van der Waals surface area contributed by atoms with Crippen molar-refractivity contribution >= 4 is 17.5 Å². The summed E-state index contributed by atoms with van der Waals surface area (Å²) in [5, 5.41) is 19.7. The lowest BCUT2D eigenvalue weighted by atomic mass is 9.92. The van der Waals surface area contributed by atoms with Crippen LogP contribution in [0.4, 0.5) is 0 Å². The van der Waals surface area contributed by atoms with E-state index >= 15 is 0 Å². The molecule has 4 rings (SSSR count). The lowest BCUT2D eigenvalue weighted by molar-refractivity contribution is -0.139. The number of carbonyl (C=O) groups is 2. The zero-order valence-corrected chi connectivity index (χ0v) is 21.5. The van der Waals surface area contributed by atoms with E-state index in [1.807, 2.05) is 11.6 Å². The Morgan fingerprint density at radius 2 is 1.89 bits per heavy atom. The number of aryl methyl sites for hydroxylation is 1. The summed E-state index contributed by atoms with van der Waals surface area (Å²) in [4.78, 5) is 28.7. The lowest BCUT2D eigenvalue weighted by Crippen LogP contribution is -2.14. The van der Waals surface area contributed by atoms with E-state index in [1.54, 1.807) is 42.6 Å². The van der Waals surface area contributed by atoms with E-state index in [-0.39, 0.29) is 24.5 Å². The van der Waals surface area contributed by atoms with Crippen LogP contribution in [0.2, 0.25) is 0 Å². The summed E-state index contributed by atoms with van der Waals surface area (Å²) in [5.74, 6) is 0.290. The van der Waals surface area contributed by atoms with Crippen LogP contribution in [0.5, 0.6) is 23.0 Å². The molecule has 2 heterocycles. The average molecular weight is 523 g/mol. The summed E-state index contributed by atoms with van der Waals surface area (Å²) in [6.07, 6.45) is 4.36. The van der Waals surface area contributed by atoms with Crippen LogP contribution >= 0.6 is 0 Å². The Morgan fingerprint density at radius 3 is 2.61 bits per heavy atom. The van der Waals surface area contributed by atoms with E-state index in [2.05, 4.69) is 11.9 Å². The molecule has 0 bridgehead atoms. The van der Waals surface area contributed by atoms with Gasteiger partial charge in [0, 0.05) is 37.1 Å². The van der Waals surface area contributed by atoms with E-state index < -0.39 is 18.5 Å². The third kappa shape index (κ3) is 5.74. The highest BCUT2D eigenvalue weighted by Gasteiger charge is 2.26. The molecule has 0 radical (unpaired) electrons. The van der Waals surface area contributed by atoms with E-state index in [1.165, 1.54) is 7.11 Å². The number of rotatable bonds is 12. The van der Waals surface area contributed by atoms with Gasteiger partial charge in [0.05, 0.1) is 24.6 Å². The Labute approximate surface area is 220 Å². The quantitative estimate of drug-likeness (QED) is 0.338. The number of ether oxygens (including phenoxy) is 4. The van der Waals surface area contributed by atoms with Gasteiger partial charge in [-0.15, -0.1) is 0 Å². The van der Waals surface area contributed by atoms with Crippen LogP contribution in [0.1, 0.15) is 42.4 Å². The van der Waals surface area contributed by atoms with Crippen LogP contribution in [0.25, 0.3) is 5.57 Å². The number of methoxy groups -OCH3 is 1. The summed E-state index contributed by atoms with van der Waals surface area (Å²) in [5.41, 5.74) is 2.14. The minimum absolute atomic E-state index is 0.0567. The van der Waals surface area contributed by atoms with Crippen molar-refractivity contribution < 1.29 is 38.7 Å². The number of aromatic nitrogens is 2. The summed E-state index contributed by atoms with van der Waals surface area (Å²) in [6.45, 7) is 1.59. The minimum atomic E-state index is -1.16. The Hall–Kier alpha value is -4.47. The van der Waals surface area contributed by atoms with Crippen molar-refractivity contribution in [3.63, 3.8) is 0 Å². The number of imidazole rings is 1. The van der Waals surface area contributed by atoms with Crippen LogP contribution < -0.4 is 18.9 Å². The highest BCUT2D eigenvalue weighted by Crippen LogP contribution is 2.39. The second-order valence-electron chi connectivity index (χ2n) is 8.79. The number of carboxylic acids is 2. The van der Waals surface area contributed by atoms with Crippen LogP contribution in [0, 0.1) is 0 Å². The molecule has 10 nitrogen and oxygen atoms in total. The molecule has 0 saturated heterocycles. The van der Waals surface area contributed by atoms with Crippen molar-refractivity contribution in [3.05, 3.63) is 70.8 Å².